The number of carbonyl (C=O) groups is 1. The minimum atomic E-state index is -0.801. The van der Waals surface area contributed by atoms with Gasteiger partial charge in [-0.3, -0.25) is 9.36 Å². The first kappa shape index (κ1) is 29.0. The van der Waals surface area contributed by atoms with Gasteiger partial charge in [0.15, 0.2) is 16.3 Å². The van der Waals surface area contributed by atoms with Crippen molar-refractivity contribution in [1.82, 2.24) is 4.57 Å². The monoisotopic (exact) mass is 580 g/mol. The second kappa shape index (κ2) is 12.5. The molecule has 10 heteroatoms. The van der Waals surface area contributed by atoms with Gasteiger partial charge in [0.25, 0.3) is 5.56 Å². The van der Waals surface area contributed by atoms with Crippen molar-refractivity contribution >= 4 is 35.0 Å². The maximum atomic E-state index is 14.0. The van der Waals surface area contributed by atoms with Crippen molar-refractivity contribution in [2.75, 3.05) is 20.3 Å². The summed E-state index contributed by atoms with van der Waals surface area (Å²) in [5.41, 5.74) is 1.68. The van der Waals surface area contributed by atoms with Crippen LogP contribution in [0.4, 0.5) is 0 Å². The Hall–Kier alpha value is -4.00. The normalized spacial score (nSPS) is 14.8. The van der Waals surface area contributed by atoms with Gasteiger partial charge in [-0.05, 0) is 57.5 Å². The highest BCUT2D eigenvalue weighted by Gasteiger charge is 2.35. The first-order valence-electron chi connectivity index (χ1n) is 12.6. The number of carbonyl (C=O) groups excluding carboxylic acids is 1. The molecule has 0 bridgehead atoms. The van der Waals surface area contributed by atoms with Crippen LogP contribution in [0.25, 0.3) is 6.08 Å². The topological polar surface area (TPSA) is 88.4 Å². The number of thiazole rings is 1. The molecule has 0 aliphatic carbocycles. The largest absolute Gasteiger partial charge is 0.493 e. The quantitative estimate of drug-likeness (QED) is 0.278. The van der Waals surface area contributed by atoms with Crippen LogP contribution in [-0.2, 0) is 9.53 Å². The molecule has 1 aromatic heterocycles. The Labute approximate surface area is 241 Å². The average molecular weight is 581 g/mol. The highest BCUT2D eigenvalue weighted by atomic mass is 35.5. The molecule has 0 amide bonds. The minimum absolute atomic E-state index is 0.0260. The third kappa shape index (κ3) is 5.79. The average Bonchev–Trinajstić information content (AvgIpc) is 3.21. The number of hydrogen-bond donors (Lipinski definition) is 0. The highest BCUT2D eigenvalue weighted by molar-refractivity contribution is 7.07. The number of methoxy groups -OCH3 is 1. The smallest absolute Gasteiger partial charge is 0.338 e. The van der Waals surface area contributed by atoms with E-state index in [0.29, 0.717) is 43.4 Å². The molecule has 0 spiro atoms. The molecule has 0 N–H and O–H groups in total. The number of fused-ring (bicyclic) bond motifs is 1. The predicted molar refractivity (Wildman–Crippen MR) is 155 cm³/mol. The molecule has 0 unspecified atom stereocenters. The SMILES string of the molecule is C#CCOc1c(Cl)cc(/C=c2\sc3n(c2=O)[C@H](c2ccccc2OC(C)C)C(C(=O)OCC)=C(C)N=3)cc1OC. The summed E-state index contributed by atoms with van der Waals surface area (Å²) < 4.78 is 24.3. The van der Waals surface area contributed by atoms with E-state index >= 15 is 0 Å². The van der Waals surface area contributed by atoms with Crippen LogP contribution in [0.2, 0.25) is 5.02 Å². The van der Waals surface area contributed by atoms with E-state index in [-0.39, 0.29) is 35.5 Å². The number of halogens is 1. The maximum absolute atomic E-state index is 14.0. The molecule has 1 aliphatic rings. The molecule has 2 aromatic carbocycles. The first-order chi connectivity index (χ1) is 19.2. The second-order valence-corrected chi connectivity index (χ2v) is 10.4. The van der Waals surface area contributed by atoms with Crippen LogP contribution < -0.4 is 29.1 Å². The van der Waals surface area contributed by atoms with E-state index in [4.69, 9.17) is 37.0 Å². The molecule has 2 heterocycles. The second-order valence-electron chi connectivity index (χ2n) is 9.03. The Morgan fingerprint density at radius 2 is 2.02 bits per heavy atom. The van der Waals surface area contributed by atoms with Crippen LogP contribution in [-0.4, -0.2) is 37.0 Å². The van der Waals surface area contributed by atoms with Crippen LogP contribution in [0.15, 0.2) is 57.5 Å². The molecule has 0 saturated carbocycles. The number of nitrogens with zero attached hydrogens (tertiary/aromatic N) is 2. The molecule has 1 atom stereocenters. The van der Waals surface area contributed by atoms with Gasteiger partial charge >= 0.3 is 5.97 Å². The Bertz CT molecular complexity index is 1700. The molecule has 0 saturated heterocycles. The van der Waals surface area contributed by atoms with Gasteiger partial charge in [0, 0.05) is 5.56 Å². The maximum Gasteiger partial charge on any atom is 0.338 e. The summed E-state index contributed by atoms with van der Waals surface area (Å²) in [5, 5.41) is 0.284. The molecular weight excluding hydrogens is 552 g/mol. The highest BCUT2D eigenvalue weighted by Crippen LogP contribution is 2.37. The Balaban J connectivity index is 1.94. The fraction of sp³-hybridized carbons (Fsp3) is 0.300. The van der Waals surface area contributed by atoms with Crippen molar-refractivity contribution < 1.29 is 23.7 Å². The van der Waals surface area contributed by atoms with E-state index < -0.39 is 12.0 Å². The van der Waals surface area contributed by atoms with Crippen molar-refractivity contribution in [3.05, 3.63) is 83.5 Å². The number of aromatic nitrogens is 1. The number of rotatable bonds is 9. The molecule has 3 aromatic rings. The molecule has 40 heavy (non-hydrogen) atoms. The van der Waals surface area contributed by atoms with Crippen molar-refractivity contribution in [3.8, 4) is 29.6 Å². The minimum Gasteiger partial charge on any atom is -0.493 e. The lowest BCUT2D eigenvalue weighted by Gasteiger charge is -2.26. The summed E-state index contributed by atoms with van der Waals surface area (Å²) in [7, 11) is 1.49. The van der Waals surface area contributed by atoms with Crippen LogP contribution in [0, 0.1) is 12.3 Å². The zero-order valence-electron chi connectivity index (χ0n) is 22.8. The van der Waals surface area contributed by atoms with E-state index in [1.165, 1.54) is 23.0 Å². The zero-order chi connectivity index (χ0) is 29.0. The van der Waals surface area contributed by atoms with Gasteiger partial charge in [-0.1, -0.05) is 47.1 Å². The van der Waals surface area contributed by atoms with Gasteiger partial charge in [-0.25, -0.2) is 9.79 Å². The lowest BCUT2D eigenvalue weighted by Crippen LogP contribution is -2.40. The number of terminal acetylenes is 1. The Morgan fingerprint density at radius 3 is 2.70 bits per heavy atom. The van der Waals surface area contributed by atoms with Crippen molar-refractivity contribution in [3.63, 3.8) is 0 Å². The summed E-state index contributed by atoms with van der Waals surface area (Å²) in [6, 6.07) is 9.92. The van der Waals surface area contributed by atoms with E-state index in [1.54, 1.807) is 32.1 Å². The van der Waals surface area contributed by atoms with Gasteiger partial charge in [0.1, 0.15) is 18.4 Å². The molecule has 1 aliphatic heterocycles. The van der Waals surface area contributed by atoms with Gasteiger partial charge < -0.3 is 18.9 Å². The Morgan fingerprint density at radius 1 is 1.27 bits per heavy atom. The standard InChI is InChI=1S/C30H29ClN2O6S/c1-7-13-38-27-21(31)14-19(15-23(27)36-6)16-24-28(34)33-26(20-11-9-10-12-22(20)39-17(3)4)25(29(35)37-8-2)18(5)32-30(33)40-24/h1,9-12,14-17,26H,8,13H2,2-6H3/b24-16-/t26-/m1/s1. The molecule has 8 nitrogen and oxygen atoms in total. The molecule has 4 rings (SSSR count). The summed E-state index contributed by atoms with van der Waals surface area (Å²) in [4.78, 5) is 32.2. The van der Waals surface area contributed by atoms with E-state index in [9.17, 15) is 9.59 Å². The number of esters is 1. The van der Waals surface area contributed by atoms with Crippen LogP contribution in [0.5, 0.6) is 17.2 Å². The third-order valence-corrected chi connectivity index (χ3v) is 7.21. The fourth-order valence-electron chi connectivity index (χ4n) is 4.38. The lowest BCUT2D eigenvalue weighted by atomic mass is 9.95. The van der Waals surface area contributed by atoms with Crippen molar-refractivity contribution in [2.24, 2.45) is 4.99 Å². The molecular formula is C30H29ClN2O6S. The number of hydrogen-bond acceptors (Lipinski definition) is 8. The third-order valence-electron chi connectivity index (χ3n) is 5.94. The molecule has 0 fully saturated rings. The summed E-state index contributed by atoms with van der Waals surface area (Å²) in [5.74, 6) is 3.11. The zero-order valence-corrected chi connectivity index (χ0v) is 24.4. The van der Waals surface area contributed by atoms with Crippen LogP contribution >= 0.6 is 22.9 Å². The first-order valence-corrected chi connectivity index (χ1v) is 13.8. The summed E-state index contributed by atoms with van der Waals surface area (Å²) in [6.07, 6.45) is 6.88. The van der Waals surface area contributed by atoms with E-state index in [2.05, 4.69) is 10.9 Å². The summed E-state index contributed by atoms with van der Waals surface area (Å²) in [6.45, 7) is 7.51. The van der Waals surface area contributed by atoms with Gasteiger partial charge in [-0.15, -0.1) is 6.42 Å². The number of para-hydroxylation sites is 1. The number of allylic oxidation sites excluding steroid dienone is 1. The Kier molecular flexibility index (Phi) is 9.03. The number of benzene rings is 2. The lowest BCUT2D eigenvalue weighted by molar-refractivity contribution is -0.139. The summed E-state index contributed by atoms with van der Waals surface area (Å²) >= 11 is 7.66. The van der Waals surface area contributed by atoms with Gasteiger partial charge in [0.2, 0.25) is 0 Å². The predicted octanol–water partition coefficient (Wildman–Crippen LogP) is 4.26. The molecule has 208 valence electrons. The van der Waals surface area contributed by atoms with Crippen molar-refractivity contribution in [1.29, 1.82) is 0 Å². The molecule has 0 radical (unpaired) electrons. The van der Waals surface area contributed by atoms with Crippen LogP contribution in [0.1, 0.15) is 44.9 Å². The van der Waals surface area contributed by atoms with Crippen LogP contribution in [0.3, 0.4) is 0 Å². The van der Waals surface area contributed by atoms with E-state index in [1.807, 2.05) is 38.1 Å². The van der Waals surface area contributed by atoms with Crippen molar-refractivity contribution in [2.45, 2.75) is 39.8 Å². The van der Waals surface area contributed by atoms with E-state index in [0.717, 1.165) is 0 Å². The number of ether oxygens (including phenoxy) is 4. The fourth-order valence-corrected chi connectivity index (χ4v) is 5.70. The van der Waals surface area contributed by atoms with Gasteiger partial charge in [0.05, 0.1) is 40.6 Å². The van der Waals surface area contributed by atoms with Gasteiger partial charge in [-0.2, -0.15) is 0 Å².